The quantitative estimate of drug-likeness (QED) is 0.763. The predicted octanol–water partition coefficient (Wildman–Crippen LogP) is 2.22. The van der Waals surface area contributed by atoms with Gasteiger partial charge in [0.25, 0.3) is 5.91 Å². The second-order valence-electron chi connectivity index (χ2n) is 3.17. The highest BCUT2D eigenvalue weighted by Gasteiger charge is 2.28. The molecule has 4 nitrogen and oxygen atoms in total. The molecule has 0 saturated heterocycles. The lowest BCUT2D eigenvalue weighted by Crippen LogP contribution is -2.20. The molecule has 0 saturated carbocycles. The highest BCUT2D eigenvalue weighted by atomic mass is 32.2. The van der Waals surface area contributed by atoms with E-state index in [0.29, 0.717) is 11.6 Å². The van der Waals surface area contributed by atoms with Crippen molar-refractivity contribution in [3.8, 4) is 0 Å². The molecule has 1 atom stereocenters. The molecule has 1 aliphatic heterocycles. The third-order valence-electron chi connectivity index (χ3n) is 2.22. The lowest BCUT2D eigenvalue weighted by atomic mass is 10.2. The maximum absolute atomic E-state index is 11.7. The number of fused-ring (bicyclic) bond motifs is 1. The highest BCUT2D eigenvalue weighted by molar-refractivity contribution is 7.99. The average molecular weight is 237 g/mol. The molecule has 76 valence electrons. The van der Waals surface area contributed by atoms with Crippen LogP contribution in [-0.4, -0.2) is 20.7 Å². The fourth-order valence-corrected chi connectivity index (χ4v) is 3.58. The lowest BCUT2D eigenvalue weighted by molar-refractivity contribution is 0.0868. The number of hydrogen-bond acceptors (Lipinski definition) is 5. The van der Waals surface area contributed by atoms with Crippen LogP contribution in [0.2, 0.25) is 0 Å². The molecule has 0 radical (unpaired) electrons. The molecule has 0 bridgehead atoms. The summed E-state index contributed by atoms with van der Waals surface area (Å²) in [7, 11) is 0. The summed E-state index contributed by atoms with van der Waals surface area (Å²) in [4.78, 5) is 17.0. The molecule has 0 amide bonds. The van der Waals surface area contributed by atoms with Crippen molar-refractivity contribution in [3.05, 3.63) is 28.7 Å². The van der Waals surface area contributed by atoms with Gasteiger partial charge in [0.2, 0.25) is 0 Å². The SMILES string of the molecule is O=C1CC(c2cccs2)Sc2ncnn21. The zero-order valence-electron chi connectivity index (χ0n) is 7.66. The van der Waals surface area contributed by atoms with Gasteiger partial charge in [-0.3, -0.25) is 4.79 Å². The topological polar surface area (TPSA) is 47.8 Å². The van der Waals surface area contributed by atoms with Crippen molar-refractivity contribution in [3.63, 3.8) is 0 Å². The van der Waals surface area contributed by atoms with Crippen LogP contribution in [0.15, 0.2) is 29.0 Å². The minimum atomic E-state index is 0.0275. The third kappa shape index (κ3) is 1.49. The molecule has 15 heavy (non-hydrogen) atoms. The monoisotopic (exact) mass is 237 g/mol. The maximum Gasteiger partial charge on any atom is 0.250 e. The number of aromatic nitrogens is 3. The molecule has 1 aliphatic rings. The molecule has 0 N–H and O–H groups in total. The first-order valence-corrected chi connectivity index (χ1v) is 6.24. The van der Waals surface area contributed by atoms with Gasteiger partial charge in [0.05, 0.1) is 5.25 Å². The van der Waals surface area contributed by atoms with E-state index in [9.17, 15) is 4.79 Å². The van der Waals surface area contributed by atoms with E-state index in [-0.39, 0.29) is 11.2 Å². The number of thiophene rings is 1. The summed E-state index contributed by atoms with van der Waals surface area (Å²) in [6.07, 6.45) is 1.93. The lowest BCUT2D eigenvalue weighted by Gasteiger charge is -2.18. The summed E-state index contributed by atoms with van der Waals surface area (Å²) in [6.45, 7) is 0. The van der Waals surface area contributed by atoms with Gasteiger partial charge in [0, 0.05) is 11.3 Å². The largest absolute Gasteiger partial charge is 0.272 e. The first-order valence-electron chi connectivity index (χ1n) is 4.48. The fraction of sp³-hybridized carbons (Fsp3) is 0.222. The molecule has 3 rings (SSSR count). The molecule has 6 heteroatoms. The Morgan fingerprint density at radius 2 is 2.47 bits per heavy atom. The number of hydrogen-bond donors (Lipinski definition) is 0. The summed E-state index contributed by atoms with van der Waals surface area (Å²) < 4.78 is 1.38. The van der Waals surface area contributed by atoms with E-state index in [1.807, 2.05) is 11.4 Å². The Hall–Kier alpha value is -1.14. The smallest absolute Gasteiger partial charge is 0.250 e. The van der Waals surface area contributed by atoms with E-state index in [2.05, 4.69) is 16.1 Å². The Balaban J connectivity index is 1.96. The van der Waals surface area contributed by atoms with E-state index in [0.717, 1.165) is 0 Å². The van der Waals surface area contributed by atoms with Crippen molar-refractivity contribution >= 4 is 29.0 Å². The third-order valence-corrected chi connectivity index (χ3v) is 4.55. The highest BCUT2D eigenvalue weighted by Crippen LogP contribution is 2.41. The normalized spacial score (nSPS) is 20.3. The summed E-state index contributed by atoms with van der Waals surface area (Å²) >= 11 is 3.28. The first kappa shape index (κ1) is 9.11. The Labute approximate surface area is 94.3 Å². The van der Waals surface area contributed by atoms with Crippen LogP contribution in [0, 0.1) is 0 Å². The van der Waals surface area contributed by atoms with E-state index in [1.54, 1.807) is 23.1 Å². The Bertz CT molecular complexity index is 491. The average Bonchev–Trinajstić information content (AvgIpc) is 2.88. The van der Waals surface area contributed by atoms with Crippen LogP contribution in [0.3, 0.4) is 0 Å². The summed E-state index contributed by atoms with van der Waals surface area (Å²) in [5, 5.41) is 6.82. The van der Waals surface area contributed by atoms with Crippen LogP contribution in [0.1, 0.15) is 21.3 Å². The van der Waals surface area contributed by atoms with Crippen molar-refractivity contribution < 1.29 is 4.79 Å². The summed E-state index contributed by atoms with van der Waals surface area (Å²) in [6, 6.07) is 4.06. The first-order chi connectivity index (χ1) is 7.34. The molecule has 0 spiro atoms. The van der Waals surface area contributed by atoms with Crippen LogP contribution in [0.25, 0.3) is 0 Å². The van der Waals surface area contributed by atoms with Crippen molar-refractivity contribution in [2.75, 3.05) is 0 Å². The second kappa shape index (κ2) is 3.46. The van der Waals surface area contributed by atoms with E-state index >= 15 is 0 Å². The van der Waals surface area contributed by atoms with Gasteiger partial charge >= 0.3 is 0 Å². The van der Waals surface area contributed by atoms with Gasteiger partial charge < -0.3 is 0 Å². The molecular formula is C9H7N3OS2. The minimum absolute atomic E-state index is 0.0275. The van der Waals surface area contributed by atoms with Crippen LogP contribution >= 0.6 is 23.1 Å². The summed E-state index contributed by atoms with van der Waals surface area (Å²) in [5.74, 6) is 0.0275. The van der Waals surface area contributed by atoms with E-state index in [4.69, 9.17) is 0 Å². The second-order valence-corrected chi connectivity index (χ2v) is 5.32. The zero-order chi connectivity index (χ0) is 10.3. The van der Waals surface area contributed by atoms with E-state index < -0.39 is 0 Å². The summed E-state index contributed by atoms with van der Waals surface area (Å²) in [5.41, 5.74) is 0. The fourth-order valence-electron chi connectivity index (χ4n) is 1.53. The van der Waals surface area contributed by atoms with Gasteiger partial charge in [0.15, 0.2) is 5.16 Å². The number of thioether (sulfide) groups is 1. The van der Waals surface area contributed by atoms with Crippen molar-refractivity contribution in [2.45, 2.75) is 16.8 Å². The molecule has 0 aromatic carbocycles. The molecule has 2 aromatic rings. The number of carbonyl (C=O) groups excluding carboxylic acids is 1. The van der Waals surface area contributed by atoms with Crippen LogP contribution in [-0.2, 0) is 0 Å². The van der Waals surface area contributed by atoms with Crippen molar-refractivity contribution in [1.29, 1.82) is 0 Å². The zero-order valence-corrected chi connectivity index (χ0v) is 9.29. The molecule has 3 heterocycles. The van der Waals surface area contributed by atoms with Crippen LogP contribution in [0.5, 0.6) is 0 Å². The van der Waals surface area contributed by atoms with Gasteiger partial charge in [-0.1, -0.05) is 17.8 Å². The van der Waals surface area contributed by atoms with Gasteiger partial charge in [-0.05, 0) is 11.4 Å². The minimum Gasteiger partial charge on any atom is -0.272 e. The predicted molar refractivity (Wildman–Crippen MR) is 58.2 cm³/mol. The Kier molecular flexibility index (Phi) is 2.10. The van der Waals surface area contributed by atoms with E-state index in [1.165, 1.54) is 15.9 Å². The number of nitrogens with zero attached hydrogens (tertiary/aromatic N) is 3. The number of rotatable bonds is 1. The van der Waals surface area contributed by atoms with Crippen LogP contribution < -0.4 is 0 Å². The molecule has 0 fully saturated rings. The van der Waals surface area contributed by atoms with Gasteiger partial charge in [-0.2, -0.15) is 9.78 Å². The van der Waals surface area contributed by atoms with Gasteiger partial charge in [0.1, 0.15) is 6.33 Å². The van der Waals surface area contributed by atoms with Gasteiger partial charge in [-0.15, -0.1) is 11.3 Å². The molecule has 2 aromatic heterocycles. The van der Waals surface area contributed by atoms with Gasteiger partial charge in [-0.25, -0.2) is 4.98 Å². The molecular weight excluding hydrogens is 230 g/mol. The van der Waals surface area contributed by atoms with Crippen molar-refractivity contribution in [2.24, 2.45) is 0 Å². The molecule has 0 aliphatic carbocycles. The molecule has 1 unspecified atom stereocenters. The maximum atomic E-state index is 11.7. The van der Waals surface area contributed by atoms with Crippen LogP contribution in [0.4, 0.5) is 0 Å². The Morgan fingerprint density at radius 1 is 1.53 bits per heavy atom. The van der Waals surface area contributed by atoms with Crippen molar-refractivity contribution in [1.82, 2.24) is 14.8 Å². The Morgan fingerprint density at radius 3 is 3.27 bits per heavy atom. The standard InChI is InChI=1S/C9H7N3OS2/c13-8-4-7(6-2-1-3-14-6)15-9-10-5-11-12(8)9/h1-3,5,7H,4H2. The number of carbonyl (C=O) groups is 1.